The molecule has 0 aliphatic heterocycles. The average molecular weight is 335 g/mol. The van der Waals surface area contributed by atoms with Crippen molar-refractivity contribution in [3.05, 3.63) is 35.9 Å². The predicted molar refractivity (Wildman–Crippen MR) is 89.7 cm³/mol. The lowest BCUT2D eigenvalue weighted by molar-refractivity contribution is -0.146. The first-order chi connectivity index (χ1) is 11.3. The Kier molecular flexibility index (Phi) is 8.08. The summed E-state index contributed by atoms with van der Waals surface area (Å²) in [6.07, 6.45) is 0.680. The lowest BCUT2D eigenvalue weighted by Crippen LogP contribution is -2.52. The number of benzene rings is 1. The van der Waals surface area contributed by atoms with Gasteiger partial charge in [-0.05, 0) is 17.9 Å². The molecule has 1 unspecified atom stereocenters. The summed E-state index contributed by atoms with van der Waals surface area (Å²) in [5.74, 6) is -1.92. The molecule has 0 saturated heterocycles. The minimum absolute atomic E-state index is 0.191. The molecule has 0 aromatic heterocycles. The number of hydroxylamine groups is 1. The quantitative estimate of drug-likeness (QED) is 0.445. The molecule has 0 fully saturated rings. The van der Waals surface area contributed by atoms with Crippen molar-refractivity contribution in [1.29, 1.82) is 0 Å². The standard InChI is InChI=1S/C17H25N3O4/c1-11(2)9-13(18)16(22)19-14(15(21)17(23)20-24-3)10-12-7-5-4-6-8-12/h4-8,11,13-14H,9-10,18H2,1-3H3,(H,19,22)(H,20,23)/t13-,14?/m0/s1. The molecule has 132 valence electrons. The number of carbonyl (C=O) groups is 3. The molecule has 0 radical (unpaired) electrons. The molecule has 0 spiro atoms. The van der Waals surface area contributed by atoms with E-state index in [-0.39, 0.29) is 12.3 Å². The molecule has 24 heavy (non-hydrogen) atoms. The molecule has 0 saturated carbocycles. The second-order valence-corrected chi connectivity index (χ2v) is 5.99. The number of nitrogens with two attached hydrogens (primary N) is 1. The van der Waals surface area contributed by atoms with Gasteiger partial charge in [-0.15, -0.1) is 0 Å². The van der Waals surface area contributed by atoms with Crippen LogP contribution in [0, 0.1) is 5.92 Å². The fourth-order valence-electron chi connectivity index (χ4n) is 2.25. The Labute approximate surface area is 141 Å². The Morgan fingerprint density at radius 2 is 1.79 bits per heavy atom. The van der Waals surface area contributed by atoms with Gasteiger partial charge in [-0.1, -0.05) is 44.2 Å². The average Bonchev–Trinajstić information content (AvgIpc) is 2.54. The molecule has 4 N–H and O–H groups in total. The number of ketones is 1. The Bertz CT molecular complexity index is 560. The molecule has 2 amide bonds. The first-order valence-electron chi connectivity index (χ1n) is 7.82. The third-order valence-corrected chi connectivity index (χ3v) is 3.40. The fraction of sp³-hybridized carbons (Fsp3) is 0.471. The van der Waals surface area contributed by atoms with Gasteiger partial charge < -0.3 is 11.1 Å². The number of rotatable bonds is 9. The van der Waals surface area contributed by atoms with Crippen molar-refractivity contribution in [3.8, 4) is 0 Å². The molecule has 2 atom stereocenters. The van der Waals surface area contributed by atoms with E-state index >= 15 is 0 Å². The maximum Gasteiger partial charge on any atom is 0.313 e. The molecule has 1 aromatic rings. The van der Waals surface area contributed by atoms with Crippen LogP contribution in [0.5, 0.6) is 0 Å². The second-order valence-electron chi connectivity index (χ2n) is 5.99. The Balaban J connectivity index is 2.86. The van der Waals surface area contributed by atoms with Gasteiger partial charge in [0.15, 0.2) is 0 Å². The molecule has 0 heterocycles. The molecule has 0 aliphatic carbocycles. The van der Waals surface area contributed by atoms with Crippen molar-refractivity contribution in [1.82, 2.24) is 10.8 Å². The van der Waals surface area contributed by atoms with Crippen LogP contribution in [0.1, 0.15) is 25.8 Å². The topological polar surface area (TPSA) is 111 Å². The summed E-state index contributed by atoms with van der Waals surface area (Å²) in [5.41, 5.74) is 8.64. The van der Waals surface area contributed by atoms with Gasteiger partial charge in [0.2, 0.25) is 11.7 Å². The first kappa shape index (κ1) is 19.8. The van der Waals surface area contributed by atoms with Gasteiger partial charge >= 0.3 is 5.91 Å². The van der Waals surface area contributed by atoms with Crippen LogP contribution in [-0.4, -0.2) is 36.8 Å². The van der Waals surface area contributed by atoms with Gasteiger partial charge in [-0.3, -0.25) is 19.2 Å². The molecular weight excluding hydrogens is 310 g/mol. The Morgan fingerprint density at radius 3 is 2.33 bits per heavy atom. The summed E-state index contributed by atoms with van der Waals surface area (Å²) < 4.78 is 0. The maximum atomic E-state index is 12.3. The minimum atomic E-state index is -1.01. The van der Waals surface area contributed by atoms with Crippen LogP contribution < -0.4 is 16.5 Å². The van der Waals surface area contributed by atoms with E-state index in [1.165, 1.54) is 7.11 Å². The van der Waals surface area contributed by atoms with E-state index in [9.17, 15) is 14.4 Å². The molecular formula is C17H25N3O4. The van der Waals surface area contributed by atoms with Gasteiger partial charge in [0.05, 0.1) is 13.2 Å². The van der Waals surface area contributed by atoms with Crippen LogP contribution in [0.2, 0.25) is 0 Å². The molecule has 7 heteroatoms. The third-order valence-electron chi connectivity index (χ3n) is 3.40. The number of carbonyl (C=O) groups excluding carboxylic acids is 3. The van der Waals surface area contributed by atoms with Crippen LogP contribution >= 0.6 is 0 Å². The fourth-order valence-corrected chi connectivity index (χ4v) is 2.25. The number of hydrogen-bond donors (Lipinski definition) is 3. The van der Waals surface area contributed by atoms with Gasteiger partial charge in [0, 0.05) is 6.42 Å². The van der Waals surface area contributed by atoms with E-state index in [4.69, 9.17) is 5.73 Å². The van der Waals surface area contributed by atoms with E-state index in [0.717, 1.165) is 5.56 Å². The highest BCUT2D eigenvalue weighted by atomic mass is 16.6. The highest BCUT2D eigenvalue weighted by Gasteiger charge is 2.29. The summed E-state index contributed by atoms with van der Waals surface area (Å²) in [6, 6.07) is 7.37. The van der Waals surface area contributed by atoms with Crippen molar-refractivity contribution in [2.75, 3.05) is 7.11 Å². The summed E-state index contributed by atoms with van der Waals surface area (Å²) in [4.78, 5) is 40.7. The van der Waals surface area contributed by atoms with Gasteiger partial charge in [-0.2, -0.15) is 0 Å². The van der Waals surface area contributed by atoms with Crippen molar-refractivity contribution in [3.63, 3.8) is 0 Å². The van der Waals surface area contributed by atoms with Crippen molar-refractivity contribution in [2.45, 2.75) is 38.8 Å². The monoisotopic (exact) mass is 335 g/mol. The maximum absolute atomic E-state index is 12.3. The lowest BCUT2D eigenvalue weighted by Gasteiger charge is -2.20. The summed E-state index contributed by atoms with van der Waals surface area (Å²) in [5, 5.41) is 2.58. The Morgan fingerprint density at radius 1 is 1.17 bits per heavy atom. The largest absolute Gasteiger partial charge is 0.344 e. The first-order valence-corrected chi connectivity index (χ1v) is 7.82. The van der Waals surface area contributed by atoms with E-state index in [1.807, 2.05) is 49.7 Å². The van der Waals surface area contributed by atoms with Crippen molar-refractivity contribution >= 4 is 17.6 Å². The van der Waals surface area contributed by atoms with E-state index in [0.29, 0.717) is 6.42 Å². The number of amides is 2. The van der Waals surface area contributed by atoms with Gasteiger partial charge in [0.25, 0.3) is 0 Å². The SMILES string of the molecule is CONC(=O)C(=O)C(Cc1ccccc1)NC(=O)[C@@H](N)CC(C)C. The van der Waals surface area contributed by atoms with E-state index in [2.05, 4.69) is 10.2 Å². The number of nitrogens with one attached hydrogen (secondary N) is 2. The zero-order valence-corrected chi connectivity index (χ0v) is 14.2. The van der Waals surface area contributed by atoms with Crippen LogP contribution in [0.25, 0.3) is 0 Å². The highest BCUT2D eigenvalue weighted by molar-refractivity contribution is 6.38. The van der Waals surface area contributed by atoms with E-state index < -0.39 is 29.7 Å². The minimum Gasteiger partial charge on any atom is -0.344 e. The number of hydrogen-bond acceptors (Lipinski definition) is 5. The highest BCUT2D eigenvalue weighted by Crippen LogP contribution is 2.07. The van der Waals surface area contributed by atoms with Crippen LogP contribution in [0.3, 0.4) is 0 Å². The third kappa shape index (κ3) is 6.47. The van der Waals surface area contributed by atoms with Crippen molar-refractivity contribution in [2.24, 2.45) is 11.7 Å². The number of Topliss-reactive ketones (excluding diaryl/α,β-unsaturated/α-hetero) is 1. The molecule has 0 bridgehead atoms. The van der Waals surface area contributed by atoms with Crippen LogP contribution in [0.4, 0.5) is 0 Å². The smallest absolute Gasteiger partial charge is 0.313 e. The van der Waals surface area contributed by atoms with E-state index in [1.54, 1.807) is 0 Å². The van der Waals surface area contributed by atoms with Crippen molar-refractivity contribution < 1.29 is 19.2 Å². The van der Waals surface area contributed by atoms with Gasteiger partial charge in [0.1, 0.15) is 6.04 Å². The molecule has 7 nitrogen and oxygen atoms in total. The zero-order valence-electron chi connectivity index (χ0n) is 14.2. The molecule has 1 aromatic carbocycles. The van der Waals surface area contributed by atoms with Gasteiger partial charge in [-0.25, -0.2) is 5.48 Å². The van der Waals surface area contributed by atoms with Crippen LogP contribution in [0.15, 0.2) is 30.3 Å². The summed E-state index contributed by atoms with van der Waals surface area (Å²) >= 11 is 0. The summed E-state index contributed by atoms with van der Waals surface area (Å²) in [7, 11) is 1.23. The zero-order chi connectivity index (χ0) is 18.1. The second kappa shape index (κ2) is 9.79. The summed E-state index contributed by atoms with van der Waals surface area (Å²) in [6.45, 7) is 3.90. The van der Waals surface area contributed by atoms with Crippen LogP contribution in [-0.2, 0) is 25.6 Å². The normalized spacial score (nSPS) is 13.2. The molecule has 0 aliphatic rings. The molecule has 1 rings (SSSR count). The Hall–Kier alpha value is -2.25. The lowest BCUT2D eigenvalue weighted by atomic mass is 10.00. The predicted octanol–water partition coefficient (Wildman–Crippen LogP) is 0.334.